The van der Waals surface area contributed by atoms with Crippen LogP contribution in [0.3, 0.4) is 0 Å². The summed E-state index contributed by atoms with van der Waals surface area (Å²) in [5, 5.41) is 3.36. The maximum absolute atomic E-state index is 13.4. The van der Waals surface area contributed by atoms with Gasteiger partial charge in [0.15, 0.2) is 0 Å². The first kappa shape index (κ1) is 26.7. The number of sulfonamides is 1. The fraction of sp³-hybridized carbons (Fsp3) is 0.417. The predicted molar refractivity (Wildman–Crippen MR) is 133 cm³/mol. The molecule has 0 aliphatic carbocycles. The monoisotopic (exact) mass is 493 g/mol. The summed E-state index contributed by atoms with van der Waals surface area (Å²) < 4.78 is 26.2. The van der Waals surface area contributed by atoms with Gasteiger partial charge in [0, 0.05) is 18.1 Å². The van der Waals surface area contributed by atoms with Crippen LogP contribution in [-0.2, 0) is 32.6 Å². The van der Waals surface area contributed by atoms with Gasteiger partial charge in [0.2, 0.25) is 21.8 Å². The summed E-state index contributed by atoms with van der Waals surface area (Å²) in [6.07, 6.45) is 2.64. The minimum atomic E-state index is -3.74. The summed E-state index contributed by atoms with van der Waals surface area (Å²) >= 11 is 5.97. The molecule has 2 rings (SSSR count). The van der Waals surface area contributed by atoms with Gasteiger partial charge < -0.3 is 10.2 Å². The Kier molecular flexibility index (Phi) is 9.73. The molecule has 0 aliphatic heterocycles. The van der Waals surface area contributed by atoms with Crippen molar-refractivity contribution in [1.29, 1.82) is 0 Å². The molecule has 0 bridgehead atoms. The zero-order valence-corrected chi connectivity index (χ0v) is 21.1. The molecule has 33 heavy (non-hydrogen) atoms. The first-order valence-electron chi connectivity index (χ1n) is 10.9. The third-order valence-corrected chi connectivity index (χ3v) is 6.69. The molecule has 1 unspecified atom stereocenters. The molecule has 7 nitrogen and oxygen atoms in total. The van der Waals surface area contributed by atoms with Crippen molar-refractivity contribution in [1.82, 2.24) is 10.2 Å². The largest absolute Gasteiger partial charge is 0.354 e. The topological polar surface area (TPSA) is 86.8 Å². The van der Waals surface area contributed by atoms with Crippen molar-refractivity contribution >= 4 is 39.1 Å². The molecule has 0 saturated carbocycles. The van der Waals surface area contributed by atoms with Crippen molar-refractivity contribution in [2.24, 2.45) is 0 Å². The number of carbonyl (C=O) groups is 2. The smallest absolute Gasteiger partial charge is 0.244 e. The zero-order valence-electron chi connectivity index (χ0n) is 19.5. The van der Waals surface area contributed by atoms with Gasteiger partial charge in [-0.25, -0.2) is 8.42 Å². The van der Waals surface area contributed by atoms with Crippen molar-refractivity contribution < 1.29 is 18.0 Å². The van der Waals surface area contributed by atoms with Gasteiger partial charge in [0.25, 0.3) is 0 Å². The number of rotatable bonds is 11. The van der Waals surface area contributed by atoms with Crippen LogP contribution in [-0.4, -0.2) is 50.5 Å². The minimum absolute atomic E-state index is 0.142. The van der Waals surface area contributed by atoms with Gasteiger partial charge in [-0.15, -0.1) is 0 Å². The highest BCUT2D eigenvalue weighted by Gasteiger charge is 2.29. The fourth-order valence-electron chi connectivity index (χ4n) is 3.28. The Balaban J connectivity index is 2.34. The molecule has 0 aromatic heterocycles. The van der Waals surface area contributed by atoms with Gasteiger partial charge >= 0.3 is 0 Å². The summed E-state index contributed by atoms with van der Waals surface area (Å²) in [4.78, 5) is 27.5. The van der Waals surface area contributed by atoms with Crippen LogP contribution in [0.15, 0.2) is 48.5 Å². The van der Waals surface area contributed by atoms with E-state index < -0.39 is 28.5 Å². The molecule has 2 aromatic carbocycles. The van der Waals surface area contributed by atoms with Crippen LogP contribution in [0, 0.1) is 0 Å². The van der Waals surface area contributed by atoms with E-state index in [2.05, 4.69) is 5.32 Å². The molecule has 0 saturated heterocycles. The molecular formula is C24H32ClN3O4S. The average Bonchev–Trinajstić information content (AvgIpc) is 2.79. The highest BCUT2D eigenvalue weighted by molar-refractivity contribution is 7.92. The second-order valence-electron chi connectivity index (χ2n) is 7.90. The van der Waals surface area contributed by atoms with Crippen LogP contribution < -0.4 is 9.62 Å². The number of halogens is 1. The molecule has 0 heterocycles. The van der Waals surface area contributed by atoms with Gasteiger partial charge in [-0.2, -0.15) is 0 Å². The lowest BCUT2D eigenvalue weighted by molar-refractivity contribution is -0.139. The Morgan fingerprint density at radius 2 is 1.58 bits per heavy atom. The standard InChI is InChI=1S/C24H32ClN3O4S/c1-5-15-26-24(30)18(3)27(16-20-7-11-21(25)12-8-20)23(29)17-28(33(4,31)32)22-13-9-19(6-2)10-14-22/h7-14,18H,5-6,15-17H2,1-4H3,(H,26,30). The van der Waals surface area contributed by atoms with Gasteiger partial charge in [0.05, 0.1) is 11.9 Å². The maximum atomic E-state index is 13.4. The van der Waals surface area contributed by atoms with Crippen LogP contribution in [0.2, 0.25) is 5.02 Å². The van der Waals surface area contributed by atoms with Crippen LogP contribution >= 0.6 is 11.6 Å². The van der Waals surface area contributed by atoms with E-state index in [4.69, 9.17) is 11.6 Å². The second kappa shape index (κ2) is 12.0. The Hall–Kier alpha value is -2.58. The molecule has 2 amide bonds. The number of nitrogens with zero attached hydrogens (tertiary/aromatic N) is 2. The third kappa shape index (κ3) is 7.75. The van der Waals surface area contributed by atoms with Crippen molar-refractivity contribution in [2.45, 2.75) is 46.2 Å². The third-order valence-electron chi connectivity index (χ3n) is 5.29. The van der Waals surface area contributed by atoms with E-state index in [-0.39, 0.29) is 12.5 Å². The van der Waals surface area contributed by atoms with Crippen molar-refractivity contribution in [3.8, 4) is 0 Å². The number of anilines is 1. The van der Waals surface area contributed by atoms with Crippen molar-refractivity contribution in [3.05, 3.63) is 64.7 Å². The highest BCUT2D eigenvalue weighted by atomic mass is 35.5. The summed E-state index contributed by atoms with van der Waals surface area (Å²) in [5.41, 5.74) is 2.24. The fourth-order valence-corrected chi connectivity index (χ4v) is 4.25. The normalized spacial score (nSPS) is 12.2. The summed E-state index contributed by atoms with van der Waals surface area (Å²) in [7, 11) is -3.74. The zero-order chi connectivity index (χ0) is 24.6. The average molecular weight is 494 g/mol. The van der Waals surface area contributed by atoms with E-state index in [1.165, 1.54) is 4.90 Å². The number of nitrogens with one attached hydrogen (secondary N) is 1. The summed E-state index contributed by atoms with van der Waals surface area (Å²) in [6, 6.07) is 13.2. The number of hydrogen-bond acceptors (Lipinski definition) is 4. The van der Waals surface area contributed by atoms with E-state index in [1.807, 2.05) is 26.0 Å². The first-order chi connectivity index (χ1) is 15.6. The molecule has 0 spiro atoms. The number of amides is 2. The molecule has 0 aliphatic rings. The lowest BCUT2D eigenvalue weighted by atomic mass is 10.1. The van der Waals surface area contributed by atoms with Gasteiger partial charge in [-0.3, -0.25) is 13.9 Å². The molecule has 180 valence electrons. The van der Waals surface area contributed by atoms with Crippen LogP contribution in [0.5, 0.6) is 0 Å². The van der Waals surface area contributed by atoms with Gasteiger partial charge in [-0.05, 0) is 55.2 Å². The predicted octanol–water partition coefficient (Wildman–Crippen LogP) is 3.61. The Morgan fingerprint density at radius 3 is 2.09 bits per heavy atom. The number of benzene rings is 2. The number of aryl methyl sites for hydroxylation is 1. The molecular weight excluding hydrogens is 462 g/mol. The number of carbonyl (C=O) groups excluding carboxylic acids is 2. The SMILES string of the molecule is CCCNC(=O)C(C)N(Cc1ccc(Cl)cc1)C(=O)CN(c1ccc(CC)cc1)S(C)(=O)=O. The van der Waals surface area contributed by atoms with E-state index >= 15 is 0 Å². The molecule has 1 atom stereocenters. The van der Waals surface area contributed by atoms with Crippen LogP contribution in [0.4, 0.5) is 5.69 Å². The van der Waals surface area contributed by atoms with Crippen LogP contribution in [0.1, 0.15) is 38.3 Å². The van der Waals surface area contributed by atoms with E-state index in [0.29, 0.717) is 17.3 Å². The van der Waals surface area contributed by atoms with Crippen molar-refractivity contribution in [2.75, 3.05) is 23.7 Å². The van der Waals surface area contributed by atoms with E-state index in [9.17, 15) is 18.0 Å². The molecule has 0 radical (unpaired) electrons. The lowest BCUT2D eigenvalue weighted by Crippen LogP contribution is -2.51. The van der Waals surface area contributed by atoms with Crippen molar-refractivity contribution in [3.63, 3.8) is 0 Å². The highest BCUT2D eigenvalue weighted by Crippen LogP contribution is 2.20. The summed E-state index contributed by atoms with van der Waals surface area (Å²) in [6.45, 7) is 5.80. The quantitative estimate of drug-likeness (QED) is 0.518. The van der Waals surface area contributed by atoms with E-state index in [1.54, 1.807) is 43.3 Å². The van der Waals surface area contributed by atoms with Gasteiger partial charge in [-0.1, -0.05) is 49.7 Å². The Bertz CT molecular complexity index is 1040. The summed E-state index contributed by atoms with van der Waals surface area (Å²) in [5.74, 6) is -0.772. The molecule has 9 heteroatoms. The number of hydrogen-bond donors (Lipinski definition) is 1. The molecule has 0 fully saturated rings. The Morgan fingerprint density at radius 1 is 1.00 bits per heavy atom. The maximum Gasteiger partial charge on any atom is 0.244 e. The minimum Gasteiger partial charge on any atom is -0.354 e. The Labute approximate surface area is 201 Å². The molecule has 1 N–H and O–H groups in total. The molecule has 2 aromatic rings. The second-order valence-corrected chi connectivity index (χ2v) is 10.2. The lowest BCUT2D eigenvalue weighted by Gasteiger charge is -2.31. The van der Waals surface area contributed by atoms with E-state index in [0.717, 1.165) is 34.5 Å². The van der Waals surface area contributed by atoms with Gasteiger partial charge in [0.1, 0.15) is 12.6 Å². The first-order valence-corrected chi connectivity index (χ1v) is 13.2. The van der Waals surface area contributed by atoms with Crippen LogP contribution in [0.25, 0.3) is 0 Å².